The molecule has 1 aliphatic heterocycles. The summed E-state index contributed by atoms with van der Waals surface area (Å²) in [5.74, 6) is -0.412. The first-order chi connectivity index (χ1) is 20.1. The Hall–Kier alpha value is -1.92. The van der Waals surface area contributed by atoms with Crippen LogP contribution in [0.2, 0.25) is 0 Å². The van der Waals surface area contributed by atoms with Crippen LogP contribution in [0.5, 0.6) is 0 Å². The number of ether oxygens (including phenoxy) is 4. The highest BCUT2D eigenvalue weighted by atomic mass is 16.6. The third-order valence-corrected chi connectivity index (χ3v) is 7.95. The lowest BCUT2D eigenvalue weighted by atomic mass is 10.0. The van der Waals surface area contributed by atoms with Crippen molar-refractivity contribution in [1.82, 2.24) is 0 Å². The van der Waals surface area contributed by atoms with Crippen LogP contribution in [0.15, 0.2) is 30.3 Å². The van der Waals surface area contributed by atoms with Gasteiger partial charge in [0.25, 0.3) is 0 Å². The highest BCUT2D eigenvalue weighted by Gasteiger charge is 2.42. The predicted molar refractivity (Wildman–Crippen MR) is 165 cm³/mol. The Balaban J connectivity index is 1.63. The highest BCUT2D eigenvalue weighted by molar-refractivity contribution is 5.70. The molecule has 2 rings (SSSR count). The molecule has 1 saturated heterocycles. The number of carbonyl (C=O) groups is 2. The van der Waals surface area contributed by atoms with Crippen molar-refractivity contribution in [1.29, 1.82) is 0 Å². The molecule has 1 aromatic rings. The number of unbranched alkanes of at least 4 members (excludes halogenated alkanes) is 13. The summed E-state index contributed by atoms with van der Waals surface area (Å²) in [5, 5.41) is 0. The molecule has 0 aliphatic carbocycles. The molecule has 0 unspecified atom stereocenters. The van der Waals surface area contributed by atoms with Crippen LogP contribution in [0.4, 0.5) is 0 Å². The fraction of sp³-hybridized carbons (Fsp3) is 0.771. The molecule has 0 bridgehead atoms. The molecule has 0 aromatic heterocycles. The van der Waals surface area contributed by atoms with Gasteiger partial charge >= 0.3 is 11.9 Å². The molecule has 0 N–H and O–H groups in total. The fourth-order valence-corrected chi connectivity index (χ4v) is 5.40. The molecule has 234 valence electrons. The number of rotatable bonds is 25. The van der Waals surface area contributed by atoms with E-state index in [0.29, 0.717) is 32.7 Å². The highest BCUT2D eigenvalue weighted by Crippen LogP contribution is 2.33. The molecular formula is C35H58O6. The van der Waals surface area contributed by atoms with Crippen LogP contribution in [0.25, 0.3) is 0 Å². The zero-order chi connectivity index (χ0) is 29.4. The fourth-order valence-electron chi connectivity index (χ4n) is 5.40. The third-order valence-electron chi connectivity index (χ3n) is 7.95. The molecule has 0 spiro atoms. The maximum absolute atomic E-state index is 12.5. The molecule has 2 atom stereocenters. The monoisotopic (exact) mass is 574 g/mol. The summed E-state index contributed by atoms with van der Waals surface area (Å²) in [4.78, 5) is 24.8. The van der Waals surface area contributed by atoms with Gasteiger partial charge in [0.05, 0.1) is 32.3 Å². The average Bonchev–Trinajstić information content (AvgIpc) is 3.37. The van der Waals surface area contributed by atoms with E-state index in [2.05, 4.69) is 13.8 Å². The van der Waals surface area contributed by atoms with Gasteiger partial charge < -0.3 is 18.9 Å². The molecule has 1 aliphatic rings. The van der Waals surface area contributed by atoms with Gasteiger partial charge in [-0.3, -0.25) is 9.59 Å². The smallest absolute Gasteiger partial charge is 0.308 e. The van der Waals surface area contributed by atoms with E-state index in [4.69, 9.17) is 18.9 Å². The molecule has 6 nitrogen and oxygen atoms in total. The van der Waals surface area contributed by atoms with E-state index in [1.165, 1.54) is 64.2 Å². The molecule has 1 aromatic carbocycles. The van der Waals surface area contributed by atoms with Crippen LogP contribution >= 0.6 is 0 Å². The maximum atomic E-state index is 12.5. The van der Waals surface area contributed by atoms with Crippen LogP contribution < -0.4 is 0 Å². The van der Waals surface area contributed by atoms with Gasteiger partial charge in [0.15, 0.2) is 0 Å². The first-order valence-electron chi connectivity index (χ1n) is 16.7. The van der Waals surface area contributed by atoms with Crippen LogP contribution in [-0.4, -0.2) is 43.5 Å². The van der Waals surface area contributed by atoms with E-state index in [9.17, 15) is 9.59 Å². The van der Waals surface area contributed by atoms with E-state index < -0.39 is 5.60 Å². The van der Waals surface area contributed by atoms with Crippen LogP contribution in [0, 0.1) is 0 Å². The van der Waals surface area contributed by atoms with Crippen molar-refractivity contribution < 1.29 is 28.5 Å². The van der Waals surface area contributed by atoms with Crippen LogP contribution in [0.3, 0.4) is 0 Å². The number of hydrogen-bond acceptors (Lipinski definition) is 6. The van der Waals surface area contributed by atoms with Gasteiger partial charge in [-0.2, -0.15) is 0 Å². The second kappa shape index (κ2) is 22.6. The SMILES string of the molecule is CCCCCCCCCCCCCCOC(=O)C[C@@H]1CC[C@@](COCc2ccccc2)(COC(=O)CCCCC)O1. The Labute approximate surface area is 250 Å². The summed E-state index contributed by atoms with van der Waals surface area (Å²) in [5.41, 5.74) is 0.352. The molecule has 0 amide bonds. The van der Waals surface area contributed by atoms with Crippen molar-refractivity contribution in [2.45, 2.75) is 154 Å². The normalized spacial score (nSPS) is 18.4. The average molecular weight is 575 g/mol. The van der Waals surface area contributed by atoms with Gasteiger partial charge in [0, 0.05) is 6.42 Å². The summed E-state index contributed by atoms with van der Waals surface area (Å²) < 4.78 is 23.5. The summed E-state index contributed by atoms with van der Waals surface area (Å²) in [6.45, 7) is 5.77. The topological polar surface area (TPSA) is 71.1 Å². The number of esters is 2. The predicted octanol–water partition coefficient (Wildman–Crippen LogP) is 8.88. The quantitative estimate of drug-likeness (QED) is 0.0858. The van der Waals surface area contributed by atoms with Crippen molar-refractivity contribution in [2.24, 2.45) is 0 Å². The van der Waals surface area contributed by atoms with E-state index in [1.54, 1.807) is 0 Å². The molecule has 6 heteroatoms. The lowest BCUT2D eigenvalue weighted by Crippen LogP contribution is -2.41. The summed E-state index contributed by atoms with van der Waals surface area (Å²) in [7, 11) is 0. The van der Waals surface area contributed by atoms with Crippen molar-refractivity contribution in [3.05, 3.63) is 35.9 Å². The Bertz CT molecular complexity index is 797. The lowest BCUT2D eigenvalue weighted by molar-refractivity contribution is -0.167. The van der Waals surface area contributed by atoms with Gasteiger partial charge in [-0.25, -0.2) is 0 Å². The summed E-state index contributed by atoms with van der Waals surface area (Å²) >= 11 is 0. The Morgan fingerprint density at radius 2 is 1.37 bits per heavy atom. The van der Waals surface area contributed by atoms with E-state index in [-0.39, 0.29) is 31.1 Å². The third kappa shape index (κ3) is 16.9. The maximum Gasteiger partial charge on any atom is 0.308 e. The lowest BCUT2D eigenvalue weighted by Gasteiger charge is -2.29. The van der Waals surface area contributed by atoms with E-state index in [0.717, 1.165) is 44.1 Å². The summed E-state index contributed by atoms with van der Waals surface area (Å²) in [6, 6.07) is 9.98. The zero-order valence-corrected chi connectivity index (χ0v) is 26.2. The van der Waals surface area contributed by atoms with Crippen molar-refractivity contribution in [3.8, 4) is 0 Å². The first kappa shape index (κ1) is 35.3. The van der Waals surface area contributed by atoms with Gasteiger partial charge in [0.2, 0.25) is 0 Å². The molecule has 41 heavy (non-hydrogen) atoms. The van der Waals surface area contributed by atoms with Crippen LogP contribution in [-0.2, 0) is 35.1 Å². The Kier molecular flexibility index (Phi) is 19.5. The molecule has 0 saturated carbocycles. The molecule has 0 radical (unpaired) electrons. The number of carbonyl (C=O) groups excluding carboxylic acids is 2. The van der Waals surface area contributed by atoms with Gasteiger partial charge in [-0.05, 0) is 31.2 Å². The van der Waals surface area contributed by atoms with Crippen molar-refractivity contribution >= 4 is 11.9 Å². The Morgan fingerprint density at radius 3 is 2.02 bits per heavy atom. The first-order valence-corrected chi connectivity index (χ1v) is 16.7. The molecule has 1 fully saturated rings. The van der Waals surface area contributed by atoms with E-state index >= 15 is 0 Å². The van der Waals surface area contributed by atoms with Gasteiger partial charge in [0.1, 0.15) is 12.2 Å². The standard InChI is InChI=1S/C35H58O6/c1-3-5-7-8-9-10-11-12-13-14-15-20-26-39-34(37)27-32-24-25-35(41-32,30-40-33(36)23-17-6-4-2)29-38-28-31-21-18-16-19-22-31/h16,18-19,21-22,32H,3-15,17,20,23-30H2,1-2H3/t32-,35+/m0/s1. The number of hydrogen-bond donors (Lipinski definition) is 0. The minimum Gasteiger partial charge on any atom is -0.466 e. The second-order valence-electron chi connectivity index (χ2n) is 11.9. The van der Waals surface area contributed by atoms with Crippen molar-refractivity contribution in [2.75, 3.05) is 19.8 Å². The second-order valence-corrected chi connectivity index (χ2v) is 11.9. The van der Waals surface area contributed by atoms with Gasteiger partial charge in [-0.1, -0.05) is 128 Å². The molecule has 1 heterocycles. The zero-order valence-electron chi connectivity index (χ0n) is 26.2. The Morgan fingerprint density at radius 1 is 0.756 bits per heavy atom. The largest absolute Gasteiger partial charge is 0.466 e. The number of benzene rings is 1. The minimum atomic E-state index is -0.727. The van der Waals surface area contributed by atoms with E-state index in [1.807, 2.05) is 30.3 Å². The minimum absolute atomic E-state index is 0.150. The summed E-state index contributed by atoms with van der Waals surface area (Å²) in [6.07, 6.45) is 20.1. The molecular weight excluding hydrogens is 516 g/mol. The van der Waals surface area contributed by atoms with Crippen LogP contribution in [0.1, 0.15) is 141 Å². The van der Waals surface area contributed by atoms with Gasteiger partial charge in [-0.15, -0.1) is 0 Å². The van der Waals surface area contributed by atoms with Crippen molar-refractivity contribution in [3.63, 3.8) is 0 Å².